The van der Waals surface area contributed by atoms with Crippen LogP contribution in [-0.2, 0) is 27.1 Å². The van der Waals surface area contributed by atoms with E-state index in [1.165, 1.54) is 28.0 Å². The number of aromatic nitrogens is 1. The van der Waals surface area contributed by atoms with Crippen LogP contribution < -0.4 is 15.1 Å². The van der Waals surface area contributed by atoms with Crippen molar-refractivity contribution in [2.75, 3.05) is 10.2 Å². The first-order chi connectivity index (χ1) is 21.1. The standard InChI is InChI=1S/C31H20F3N3O4S3/c32-31(33,34)19-8-3-4-9-20(19)37-27(39)24-23(21-10-5-13-42-21)26-29(43-25(24)28(37)40)36(30(41)44-26)15-22(38)35-18-12-11-16-6-1-2-7-17(16)14-18/h1-14,23-25H,15H2,(H,35,38)/t23-,24-,25+/m0/s1. The number of anilines is 2. The Morgan fingerprint density at radius 3 is 2.39 bits per heavy atom. The molecule has 1 saturated heterocycles. The van der Waals surface area contributed by atoms with E-state index in [2.05, 4.69) is 5.32 Å². The molecule has 1 fully saturated rings. The third kappa shape index (κ3) is 4.75. The summed E-state index contributed by atoms with van der Waals surface area (Å²) >= 11 is 3.16. The number of nitrogens with one attached hydrogen (secondary N) is 1. The smallest absolute Gasteiger partial charge is 0.325 e. The summed E-state index contributed by atoms with van der Waals surface area (Å²) in [6.07, 6.45) is -4.79. The SMILES string of the molecule is O=C(Cn1c2c(sc1=O)[C@@H](c1cccs1)[C@@H]1C(=O)N(c3ccccc3C(F)(F)F)C(=O)[C@@H]1S2)Nc1ccc2ccccc2c1. The van der Waals surface area contributed by atoms with Crippen LogP contribution in [0.3, 0.4) is 0 Å². The third-order valence-corrected chi connectivity index (χ3v) is 11.2. The molecule has 0 spiro atoms. The summed E-state index contributed by atoms with van der Waals surface area (Å²) in [6, 6.07) is 21.2. The highest BCUT2D eigenvalue weighted by Gasteiger charge is 2.58. The van der Waals surface area contributed by atoms with Gasteiger partial charge in [0.05, 0.1) is 22.2 Å². The number of thiazole rings is 1. The minimum atomic E-state index is -4.79. The lowest BCUT2D eigenvalue weighted by atomic mass is 9.87. The number of rotatable bonds is 5. The average molecular weight is 652 g/mol. The first-order valence-electron chi connectivity index (χ1n) is 13.4. The third-order valence-electron chi connectivity index (χ3n) is 7.68. The van der Waals surface area contributed by atoms with Gasteiger partial charge in [0.2, 0.25) is 17.7 Å². The Labute approximate surface area is 259 Å². The van der Waals surface area contributed by atoms with E-state index < -0.39 is 57.1 Å². The maximum Gasteiger partial charge on any atom is 0.418 e. The lowest BCUT2D eigenvalue weighted by Crippen LogP contribution is -2.33. The van der Waals surface area contributed by atoms with E-state index in [1.807, 2.05) is 36.4 Å². The van der Waals surface area contributed by atoms with Gasteiger partial charge in [0.1, 0.15) is 11.8 Å². The molecule has 0 saturated carbocycles. The van der Waals surface area contributed by atoms with Crippen molar-refractivity contribution in [2.24, 2.45) is 5.92 Å². The number of alkyl halides is 3. The van der Waals surface area contributed by atoms with Gasteiger partial charge in [-0.15, -0.1) is 11.3 Å². The molecule has 3 aromatic carbocycles. The van der Waals surface area contributed by atoms with E-state index in [-0.39, 0.29) is 6.54 Å². The first-order valence-corrected chi connectivity index (χ1v) is 16.0. The zero-order valence-corrected chi connectivity index (χ0v) is 24.9. The molecule has 0 unspecified atom stereocenters. The van der Waals surface area contributed by atoms with Crippen molar-refractivity contribution in [1.82, 2.24) is 4.57 Å². The van der Waals surface area contributed by atoms with E-state index >= 15 is 0 Å². The average Bonchev–Trinajstić information content (AvgIpc) is 3.69. The molecule has 2 aromatic heterocycles. The van der Waals surface area contributed by atoms with Crippen molar-refractivity contribution in [1.29, 1.82) is 0 Å². The van der Waals surface area contributed by atoms with Crippen LogP contribution in [0.1, 0.15) is 21.2 Å². The second-order valence-corrected chi connectivity index (χ2v) is 13.4. The Bertz CT molecular complexity index is 2020. The lowest BCUT2D eigenvalue weighted by Gasteiger charge is -2.29. The van der Waals surface area contributed by atoms with Gasteiger partial charge in [-0.1, -0.05) is 71.6 Å². The van der Waals surface area contributed by atoms with E-state index in [0.29, 0.717) is 25.4 Å². The van der Waals surface area contributed by atoms with Crippen LogP contribution in [0.5, 0.6) is 0 Å². The number of thioether (sulfide) groups is 1. The molecule has 0 radical (unpaired) electrons. The number of hydrogen-bond donors (Lipinski definition) is 1. The number of fused-ring (bicyclic) bond motifs is 3. The Kier molecular flexibility index (Phi) is 6.98. The Morgan fingerprint density at radius 2 is 1.64 bits per heavy atom. The van der Waals surface area contributed by atoms with E-state index in [0.717, 1.165) is 46.0 Å². The van der Waals surface area contributed by atoms with Crippen molar-refractivity contribution < 1.29 is 27.6 Å². The number of amides is 3. The second kappa shape index (κ2) is 10.8. The quantitative estimate of drug-likeness (QED) is 0.217. The molecule has 3 amide bonds. The van der Waals surface area contributed by atoms with Gasteiger partial charge in [-0.3, -0.25) is 23.7 Å². The van der Waals surface area contributed by atoms with E-state index in [9.17, 15) is 32.3 Å². The Balaban J connectivity index is 1.25. The van der Waals surface area contributed by atoms with E-state index in [4.69, 9.17) is 0 Å². The topological polar surface area (TPSA) is 88.5 Å². The molecule has 0 aliphatic carbocycles. The predicted molar refractivity (Wildman–Crippen MR) is 164 cm³/mol. The maximum absolute atomic E-state index is 13.9. The van der Waals surface area contributed by atoms with Gasteiger partial charge in [0, 0.05) is 21.4 Å². The molecule has 7 nitrogen and oxygen atoms in total. The van der Waals surface area contributed by atoms with Gasteiger partial charge in [-0.25, -0.2) is 4.90 Å². The second-order valence-electron chi connectivity index (χ2n) is 10.3. The molecule has 44 heavy (non-hydrogen) atoms. The van der Waals surface area contributed by atoms with Gasteiger partial charge in [0.15, 0.2) is 0 Å². The van der Waals surface area contributed by atoms with Gasteiger partial charge in [-0.05, 0) is 46.5 Å². The summed E-state index contributed by atoms with van der Waals surface area (Å²) in [7, 11) is 0. The number of nitrogens with zero attached hydrogens (tertiary/aromatic N) is 2. The fraction of sp³-hybridized carbons (Fsp3) is 0.161. The molecule has 1 N–H and O–H groups in total. The van der Waals surface area contributed by atoms with Gasteiger partial charge in [-0.2, -0.15) is 13.2 Å². The Hall–Kier alpha value is -4.20. The zero-order valence-electron chi connectivity index (χ0n) is 22.4. The summed E-state index contributed by atoms with van der Waals surface area (Å²) in [5, 5.41) is 5.81. The van der Waals surface area contributed by atoms with Crippen molar-refractivity contribution in [3.8, 4) is 0 Å². The highest BCUT2D eigenvalue weighted by molar-refractivity contribution is 8.00. The van der Waals surface area contributed by atoms with Crippen LogP contribution in [0.2, 0.25) is 0 Å². The molecular weight excluding hydrogens is 632 g/mol. The van der Waals surface area contributed by atoms with Crippen LogP contribution in [0.15, 0.2) is 94.1 Å². The molecule has 3 atom stereocenters. The number of para-hydroxylation sites is 1. The fourth-order valence-electron chi connectivity index (χ4n) is 5.79. The van der Waals surface area contributed by atoms with Gasteiger partial charge >= 0.3 is 11.0 Å². The minimum Gasteiger partial charge on any atom is -0.325 e. The number of imide groups is 1. The molecular formula is C31H20F3N3O4S3. The number of carbonyl (C=O) groups is 3. The molecule has 222 valence electrons. The summed E-state index contributed by atoms with van der Waals surface area (Å²) in [6.45, 7) is -0.345. The normalized spacial score (nSPS) is 19.7. The van der Waals surface area contributed by atoms with Crippen LogP contribution in [0.25, 0.3) is 10.8 Å². The number of thiophene rings is 1. The van der Waals surface area contributed by atoms with Crippen LogP contribution in [0.4, 0.5) is 24.5 Å². The van der Waals surface area contributed by atoms with Gasteiger partial charge < -0.3 is 5.32 Å². The number of halogens is 3. The summed E-state index contributed by atoms with van der Waals surface area (Å²) in [5.74, 6) is -3.78. The first kappa shape index (κ1) is 28.6. The summed E-state index contributed by atoms with van der Waals surface area (Å²) < 4.78 is 43.0. The molecule has 7 rings (SSSR count). The van der Waals surface area contributed by atoms with Crippen LogP contribution >= 0.6 is 34.4 Å². The van der Waals surface area contributed by atoms with Crippen molar-refractivity contribution in [3.05, 3.63) is 109 Å². The Morgan fingerprint density at radius 1 is 0.886 bits per heavy atom. The lowest BCUT2D eigenvalue weighted by molar-refractivity contribution is -0.137. The molecule has 5 aromatic rings. The van der Waals surface area contributed by atoms with Gasteiger partial charge in [0.25, 0.3) is 0 Å². The maximum atomic E-state index is 13.9. The number of carbonyl (C=O) groups excluding carboxylic acids is 3. The summed E-state index contributed by atoms with van der Waals surface area (Å²) in [5.41, 5.74) is -1.06. The van der Waals surface area contributed by atoms with E-state index in [1.54, 1.807) is 23.6 Å². The molecule has 2 aliphatic heterocycles. The molecule has 13 heteroatoms. The highest BCUT2D eigenvalue weighted by Crippen LogP contribution is 2.55. The largest absolute Gasteiger partial charge is 0.418 e. The zero-order chi connectivity index (χ0) is 30.7. The monoisotopic (exact) mass is 651 g/mol. The fourth-order valence-corrected chi connectivity index (χ4v) is 9.51. The number of hydrogen-bond acceptors (Lipinski definition) is 7. The van der Waals surface area contributed by atoms with Crippen molar-refractivity contribution in [2.45, 2.75) is 28.9 Å². The number of benzene rings is 3. The summed E-state index contributed by atoms with van der Waals surface area (Å²) in [4.78, 5) is 55.6. The molecule has 0 bridgehead atoms. The molecule has 4 heterocycles. The van der Waals surface area contributed by atoms with Crippen molar-refractivity contribution >= 4 is 74.3 Å². The predicted octanol–water partition coefficient (Wildman–Crippen LogP) is 6.58. The van der Waals surface area contributed by atoms with Crippen molar-refractivity contribution in [3.63, 3.8) is 0 Å². The van der Waals surface area contributed by atoms with Crippen LogP contribution in [-0.4, -0.2) is 27.5 Å². The van der Waals surface area contributed by atoms with Crippen LogP contribution in [0, 0.1) is 5.92 Å². The molecule has 2 aliphatic rings. The highest BCUT2D eigenvalue weighted by atomic mass is 32.2. The minimum absolute atomic E-state index is 0.345.